The molecule has 3 heteroatoms. The summed E-state index contributed by atoms with van der Waals surface area (Å²) in [7, 11) is 0. The Kier molecular flexibility index (Phi) is 4.05. The molecule has 0 saturated carbocycles. The molecule has 0 amide bonds. The van der Waals surface area contributed by atoms with Crippen LogP contribution < -0.4 is 0 Å². The van der Waals surface area contributed by atoms with Crippen LogP contribution in [0.3, 0.4) is 0 Å². The number of para-hydroxylation sites is 1. The smallest absolute Gasteiger partial charge is 0.258 e. The fourth-order valence-electron chi connectivity index (χ4n) is 2.12. The molecule has 0 N–H and O–H groups in total. The SMILES string of the molecule is CCCC(C)(C)Cc1ccccc1[N+](=O)[O-]. The summed E-state index contributed by atoms with van der Waals surface area (Å²) in [6, 6.07) is 7.02. The Hall–Kier alpha value is -1.38. The second kappa shape index (κ2) is 5.10. The van der Waals surface area contributed by atoms with Gasteiger partial charge in [-0.3, -0.25) is 10.1 Å². The molecule has 88 valence electrons. The van der Waals surface area contributed by atoms with E-state index >= 15 is 0 Å². The highest BCUT2D eigenvalue weighted by molar-refractivity contribution is 5.40. The van der Waals surface area contributed by atoms with Crippen molar-refractivity contribution in [2.45, 2.75) is 40.0 Å². The van der Waals surface area contributed by atoms with Gasteiger partial charge in [0.15, 0.2) is 0 Å². The zero-order valence-corrected chi connectivity index (χ0v) is 10.2. The largest absolute Gasteiger partial charge is 0.272 e. The van der Waals surface area contributed by atoms with Crippen molar-refractivity contribution in [3.63, 3.8) is 0 Å². The van der Waals surface area contributed by atoms with Gasteiger partial charge in [-0.05, 0) is 18.3 Å². The van der Waals surface area contributed by atoms with Gasteiger partial charge in [0.05, 0.1) is 4.92 Å². The predicted molar refractivity (Wildman–Crippen MR) is 65.5 cm³/mol. The molecule has 0 heterocycles. The number of nitro groups is 1. The summed E-state index contributed by atoms with van der Waals surface area (Å²) in [5.74, 6) is 0. The van der Waals surface area contributed by atoms with E-state index in [0.29, 0.717) is 0 Å². The van der Waals surface area contributed by atoms with Crippen molar-refractivity contribution in [2.75, 3.05) is 0 Å². The first-order chi connectivity index (χ1) is 7.46. The molecule has 0 bridgehead atoms. The maximum absolute atomic E-state index is 10.9. The second-order valence-corrected chi connectivity index (χ2v) is 4.98. The first kappa shape index (κ1) is 12.7. The van der Waals surface area contributed by atoms with Crippen molar-refractivity contribution < 1.29 is 4.92 Å². The molecular weight excluding hydrogens is 202 g/mol. The van der Waals surface area contributed by atoms with E-state index in [2.05, 4.69) is 20.8 Å². The van der Waals surface area contributed by atoms with Crippen LogP contribution in [0.4, 0.5) is 5.69 Å². The highest BCUT2D eigenvalue weighted by Crippen LogP contribution is 2.31. The monoisotopic (exact) mass is 221 g/mol. The number of benzene rings is 1. The zero-order valence-electron chi connectivity index (χ0n) is 10.2. The lowest BCUT2D eigenvalue weighted by atomic mass is 9.81. The van der Waals surface area contributed by atoms with Gasteiger partial charge in [-0.1, -0.05) is 45.4 Å². The molecule has 0 aromatic heterocycles. The van der Waals surface area contributed by atoms with E-state index in [1.165, 1.54) is 0 Å². The third-order valence-corrected chi connectivity index (χ3v) is 2.78. The molecule has 1 aromatic rings. The molecule has 0 aliphatic carbocycles. The first-order valence-corrected chi connectivity index (χ1v) is 5.68. The van der Waals surface area contributed by atoms with Gasteiger partial charge in [-0.15, -0.1) is 0 Å². The van der Waals surface area contributed by atoms with Crippen LogP contribution in [0.2, 0.25) is 0 Å². The van der Waals surface area contributed by atoms with Crippen LogP contribution in [0.5, 0.6) is 0 Å². The first-order valence-electron chi connectivity index (χ1n) is 5.68. The molecule has 0 saturated heterocycles. The molecule has 1 aromatic carbocycles. The highest BCUT2D eigenvalue weighted by atomic mass is 16.6. The summed E-state index contributed by atoms with van der Waals surface area (Å²) in [5.41, 5.74) is 1.21. The van der Waals surface area contributed by atoms with Gasteiger partial charge < -0.3 is 0 Å². The van der Waals surface area contributed by atoms with Crippen LogP contribution in [-0.4, -0.2) is 4.92 Å². The minimum absolute atomic E-state index is 0.126. The minimum Gasteiger partial charge on any atom is -0.258 e. The van der Waals surface area contributed by atoms with Crippen LogP contribution in [0.1, 0.15) is 39.2 Å². The number of rotatable bonds is 5. The molecule has 0 atom stereocenters. The van der Waals surface area contributed by atoms with Crippen molar-refractivity contribution in [1.82, 2.24) is 0 Å². The van der Waals surface area contributed by atoms with Crippen LogP contribution in [0, 0.1) is 15.5 Å². The summed E-state index contributed by atoms with van der Waals surface area (Å²) in [6.07, 6.45) is 2.95. The summed E-state index contributed by atoms with van der Waals surface area (Å²) in [5, 5.41) is 10.9. The van der Waals surface area contributed by atoms with E-state index in [0.717, 1.165) is 24.8 Å². The summed E-state index contributed by atoms with van der Waals surface area (Å²) >= 11 is 0. The summed E-state index contributed by atoms with van der Waals surface area (Å²) in [6.45, 7) is 6.46. The lowest BCUT2D eigenvalue weighted by Crippen LogP contribution is -2.15. The summed E-state index contributed by atoms with van der Waals surface area (Å²) < 4.78 is 0. The molecule has 3 nitrogen and oxygen atoms in total. The number of nitro benzene ring substituents is 1. The van der Waals surface area contributed by atoms with Crippen molar-refractivity contribution >= 4 is 5.69 Å². The van der Waals surface area contributed by atoms with Crippen molar-refractivity contribution in [2.24, 2.45) is 5.41 Å². The van der Waals surface area contributed by atoms with Crippen LogP contribution in [-0.2, 0) is 6.42 Å². The van der Waals surface area contributed by atoms with E-state index in [4.69, 9.17) is 0 Å². The maximum atomic E-state index is 10.9. The molecule has 1 rings (SSSR count). The Morgan fingerprint density at radius 1 is 1.31 bits per heavy atom. The molecular formula is C13H19NO2. The van der Waals surface area contributed by atoms with Gasteiger partial charge in [0.25, 0.3) is 5.69 Å². The minimum atomic E-state index is -0.294. The molecule has 0 aliphatic heterocycles. The van der Waals surface area contributed by atoms with Crippen LogP contribution in [0.25, 0.3) is 0 Å². The van der Waals surface area contributed by atoms with Gasteiger partial charge >= 0.3 is 0 Å². The lowest BCUT2D eigenvalue weighted by molar-refractivity contribution is -0.385. The molecule has 16 heavy (non-hydrogen) atoms. The average molecular weight is 221 g/mol. The fourth-order valence-corrected chi connectivity index (χ4v) is 2.12. The highest BCUT2D eigenvalue weighted by Gasteiger charge is 2.22. The Morgan fingerprint density at radius 2 is 1.94 bits per heavy atom. The Balaban J connectivity index is 2.92. The van der Waals surface area contributed by atoms with E-state index in [9.17, 15) is 10.1 Å². The Morgan fingerprint density at radius 3 is 2.50 bits per heavy atom. The normalized spacial score (nSPS) is 11.4. The second-order valence-electron chi connectivity index (χ2n) is 4.98. The van der Waals surface area contributed by atoms with Crippen LogP contribution in [0.15, 0.2) is 24.3 Å². The maximum Gasteiger partial charge on any atom is 0.272 e. The molecule has 0 aliphatic rings. The Bertz CT molecular complexity index is 372. The van der Waals surface area contributed by atoms with Gasteiger partial charge in [0.2, 0.25) is 0 Å². The van der Waals surface area contributed by atoms with Crippen molar-refractivity contribution in [3.05, 3.63) is 39.9 Å². The molecule has 0 radical (unpaired) electrons. The Labute approximate surface area is 96.6 Å². The van der Waals surface area contributed by atoms with E-state index < -0.39 is 0 Å². The molecule has 0 spiro atoms. The van der Waals surface area contributed by atoms with Gasteiger partial charge in [-0.2, -0.15) is 0 Å². The van der Waals surface area contributed by atoms with Gasteiger partial charge in [0.1, 0.15) is 0 Å². The number of nitrogens with zero attached hydrogens (tertiary/aromatic N) is 1. The number of hydrogen-bond donors (Lipinski definition) is 0. The third kappa shape index (κ3) is 3.33. The van der Waals surface area contributed by atoms with Crippen molar-refractivity contribution in [1.29, 1.82) is 0 Å². The average Bonchev–Trinajstić information content (AvgIpc) is 2.17. The third-order valence-electron chi connectivity index (χ3n) is 2.78. The topological polar surface area (TPSA) is 43.1 Å². The van der Waals surface area contributed by atoms with Gasteiger partial charge in [0, 0.05) is 11.6 Å². The van der Waals surface area contributed by atoms with Gasteiger partial charge in [-0.25, -0.2) is 0 Å². The quantitative estimate of drug-likeness (QED) is 0.558. The summed E-state index contributed by atoms with van der Waals surface area (Å²) in [4.78, 5) is 10.6. The van der Waals surface area contributed by atoms with Crippen molar-refractivity contribution in [3.8, 4) is 0 Å². The fraction of sp³-hybridized carbons (Fsp3) is 0.538. The van der Waals surface area contributed by atoms with E-state index in [1.54, 1.807) is 12.1 Å². The lowest BCUT2D eigenvalue weighted by Gasteiger charge is -2.23. The van der Waals surface area contributed by atoms with Crippen LogP contribution >= 0.6 is 0 Å². The van der Waals surface area contributed by atoms with E-state index in [1.807, 2.05) is 12.1 Å². The standard InChI is InChI=1S/C13H19NO2/c1-4-9-13(2,3)10-11-7-5-6-8-12(11)14(15)16/h5-8H,4,9-10H2,1-3H3. The predicted octanol–water partition coefficient (Wildman–Crippen LogP) is 3.96. The number of hydrogen-bond acceptors (Lipinski definition) is 2. The molecule has 0 unspecified atom stereocenters. The molecule has 0 fully saturated rings. The zero-order chi connectivity index (χ0) is 12.2. The van der Waals surface area contributed by atoms with E-state index in [-0.39, 0.29) is 16.0 Å².